The lowest BCUT2D eigenvalue weighted by atomic mass is 9.99. The highest BCUT2D eigenvalue weighted by molar-refractivity contribution is 6.31. The summed E-state index contributed by atoms with van der Waals surface area (Å²) < 4.78 is 29.2. The number of nitrogens with zero attached hydrogens (tertiary/aromatic N) is 3. The summed E-state index contributed by atoms with van der Waals surface area (Å²) >= 11 is 5.97. The van der Waals surface area contributed by atoms with E-state index in [9.17, 15) is 13.6 Å². The van der Waals surface area contributed by atoms with Gasteiger partial charge in [0.15, 0.2) is 0 Å². The molecule has 1 atom stereocenters. The second-order valence-corrected chi connectivity index (χ2v) is 8.47. The lowest BCUT2D eigenvalue weighted by Gasteiger charge is -2.38. The number of hydrogen-bond donors (Lipinski definition) is 2. The van der Waals surface area contributed by atoms with Crippen molar-refractivity contribution < 1.29 is 13.6 Å². The third-order valence-corrected chi connectivity index (χ3v) is 5.88. The summed E-state index contributed by atoms with van der Waals surface area (Å²) in [5, 5.41) is 3.30. The molecule has 1 aliphatic heterocycles. The van der Waals surface area contributed by atoms with E-state index in [2.05, 4.69) is 5.32 Å². The van der Waals surface area contributed by atoms with Crippen molar-refractivity contribution in [2.45, 2.75) is 26.4 Å². The maximum Gasteiger partial charge on any atom is 0.236 e. The quantitative estimate of drug-likeness (QED) is 0.578. The summed E-state index contributed by atoms with van der Waals surface area (Å²) in [5.41, 5.74) is 7.55. The molecule has 3 N–H and O–H groups in total. The molecule has 168 valence electrons. The Morgan fingerprint density at radius 2 is 1.94 bits per heavy atom. The third kappa shape index (κ3) is 4.08. The van der Waals surface area contributed by atoms with Crippen LogP contribution in [0.5, 0.6) is 0 Å². The van der Waals surface area contributed by atoms with Gasteiger partial charge in [-0.15, -0.1) is 0 Å². The minimum Gasteiger partial charge on any atom is -0.340 e. The van der Waals surface area contributed by atoms with Crippen molar-refractivity contribution in [2.75, 3.05) is 18.4 Å². The highest BCUT2D eigenvalue weighted by Crippen LogP contribution is 2.39. The summed E-state index contributed by atoms with van der Waals surface area (Å²) in [4.78, 5) is 19.2. The fourth-order valence-electron chi connectivity index (χ4n) is 4.11. The zero-order chi connectivity index (χ0) is 23.0. The van der Waals surface area contributed by atoms with Crippen LogP contribution in [-0.4, -0.2) is 33.4 Å². The number of benzene rings is 2. The molecule has 2 heterocycles. The normalized spacial score (nSPS) is 15.7. The van der Waals surface area contributed by atoms with Gasteiger partial charge in [-0.25, -0.2) is 13.8 Å². The van der Waals surface area contributed by atoms with Crippen molar-refractivity contribution in [1.82, 2.24) is 14.5 Å². The molecule has 1 aliphatic rings. The lowest BCUT2D eigenvalue weighted by Crippen LogP contribution is -2.46. The fraction of sp³-hybridized carbons (Fsp3) is 0.304. The first-order valence-electron chi connectivity index (χ1n) is 10.4. The number of nitrogens with two attached hydrogens (primary N) is 1. The molecule has 2 aromatic carbocycles. The van der Waals surface area contributed by atoms with E-state index >= 15 is 0 Å². The Labute approximate surface area is 190 Å². The Bertz CT molecular complexity index is 1150. The Hall–Kier alpha value is -2.97. The summed E-state index contributed by atoms with van der Waals surface area (Å²) in [6, 6.07) is 10.1. The number of nitrogens with one attached hydrogen (secondary N) is 1. The average Bonchev–Trinajstić information content (AvgIpc) is 3.13. The molecule has 4 rings (SSSR count). The van der Waals surface area contributed by atoms with E-state index in [-0.39, 0.29) is 35.3 Å². The van der Waals surface area contributed by atoms with Gasteiger partial charge in [0.2, 0.25) is 5.91 Å². The Balaban J connectivity index is 1.86. The van der Waals surface area contributed by atoms with Crippen molar-refractivity contribution in [1.29, 1.82) is 0 Å². The largest absolute Gasteiger partial charge is 0.340 e. The highest BCUT2D eigenvalue weighted by Gasteiger charge is 2.36. The van der Waals surface area contributed by atoms with Crippen LogP contribution in [0.25, 0.3) is 11.3 Å². The Morgan fingerprint density at radius 3 is 2.56 bits per heavy atom. The van der Waals surface area contributed by atoms with Gasteiger partial charge >= 0.3 is 0 Å². The molecule has 0 fully saturated rings. The molecule has 0 unspecified atom stereocenters. The van der Waals surface area contributed by atoms with E-state index in [1.807, 2.05) is 18.4 Å². The molecule has 6 nitrogen and oxygen atoms in total. The molecule has 32 heavy (non-hydrogen) atoms. The second kappa shape index (κ2) is 8.88. The fourth-order valence-corrected chi connectivity index (χ4v) is 4.29. The lowest BCUT2D eigenvalue weighted by molar-refractivity contribution is -0.134. The van der Waals surface area contributed by atoms with Crippen molar-refractivity contribution >= 4 is 29.0 Å². The van der Waals surface area contributed by atoms with Crippen LogP contribution in [0.2, 0.25) is 5.02 Å². The van der Waals surface area contributed by atoms with Crippen molar-refractivity contribution in [3.63, 3.8) is 0 Å². The van der Waals surface area contributed by atoms with Gasteiger partial charge in [0.05, 0.1) is 17.6 Å². The molecular formula is C23H24ClF2N5O. The third-order valence-electron chi connectivity index (χ3n) is 5.59. The van der Waals surface area contributed by atoms with E-state index in [1.54, 1.807) is 23.1 Å². The number of fused-ring (bicyclic) bond motifs is 1. The predicted molar refractivity (Wildman–Crippen MR) is 121 cm³/mol. The zero-order valence-corrected chi connectivity index (χ0v) is 18.5. The molecular weight excluding hydrogens is 436 g/mol. The van der Waals surface area contributed by atoms with Crippen molar-refractivity contribution in [2.24, 2.45) is 11.7 Å². The van der Waals surface area contributed by atoms with Gasteiger partial charge in [-0.05, 0) is 48.4 Å². The molecule has 1 amide bonds. The van der Waals surface area contributed by atoms with Gasteiger partial charge in [-0.3, -0.25) is 4.79 Å². The predicted octanol–water partition coefficient (Wildman–Crippen LogP) is 4.72. The SMILES string of the molecule is CC(C)[C@H]1c2nc(-c3ccc(F)cc3)c(Nc3ccc(F)c(Cl)c3)n2CCN1C(=O)CN. The van der Waals surface area contributed by atoms with Crippen LogP contribution in [0.3, 0.4) is 0 Å². The number of rotatable bonds is 5. The van der Waals surface area contributed by atoms with Crippen LogP contribution in [0.4, 0.5) is 20.3 Å². The topological polar surface area (TPSA) is 76.2 Å². The summed E-state index contributed by atoms with van der Waals surface area (Å²) in [6.07, 6.45) is 0. The molecule has 0 saturated heterocycles. The van der Waals surface area contributed by atoms with Gasteiger partial charge in [-0.1, -0.05) is 25.4 Å². The zero-order valence-electron chi connectivity index (χ0n) is 17.8. The van der Waals surface area contributed by atoms with Gasteiger partial charge in [0.25, 0.3) is 0 Å². The first kappa shape index (κ1) is 22.2. The molecule has 0 radical (unpaired) electrons. The van der Waals surface area contributed by atoms with E-state index in [4.69, 9.17) is 22.3 Å². The molecule has 0 bridgehead atoms. The van der Waals surface area contributed by atoms with Crippen LogP contribution in [0.1, 0.15) is 25.7 Å². The number of carbonyl (C=O) groups excluding carboxylic acids is 1. The smallest absolute Gasteiger partial charge is 0.236 e. The standard InChI is InChI=1S/C23H24ClF2N5O/c1-13(2)21-23-29-20(14-3-5-15(25)6-4-14)22(28-16-7-8-18(26)17(24)11-16)31(23)10-9-30(21)19(32)12-27/h3-8,11,13,21,28H,9-10,12,27H2,1-2H3/t21-/m0/s1. The first-order valence-corrected chi connectivity index (χ1v) is 10.8. The average molecular weight is 460 g/mol. The monoisotopic (exact) mass is 459 g/mol. The van der Waals surface area contributed by atoms with Crippen molar-refractivity contribution in [3.8, 4) is 11.3 Å². The molecule has 1 aromatic heterocycles. The van der Waals surface area contributed by atoms with Crippen LogP contribution in [0.15, 0.2) is 42.5 Å². The van der Waals surface area contributed by atoms with E-state index in [1.165, 1.54) is 24.3 Å². The summed E-state index contributed by atoms with van der Waals surface area (Å²) in [6.45, 7) is 4.94. The van der Waals surface area contributed by atoms with Crippen LogP contribution in [-0.2, 0) is 11.3 Å². The maximum atomic E-state index is 13.7. The number of aromatic nitrogens is 2. The second-order valence-electron chi connectivity index (χ2n) is 8.06. The van der Waals surface area contributed by atoms with Gasteiger partial charge in [-0.2, -0.15) is 0 Å². The Morgan fingerprint density at radius 1 is 1.22 bits per heavy atom. The number of halogens is 3. The molecule has 0 saturated carbocycles. The van der Waals surface area contributed by atoms with Crippen molar-refractivity contribution in [3.05, 3.63) is 64.9 Å². The minimum absolute atomic E-state index is 0.00325. The number of anilines is 2. The number of imidazole rings is 1. The molecule has 0 spiro atoms. The number of amides is 1. The van der Waals surface area contributed by atoms with Crippen LogP contribution >= 0.6 is 11.6 Å². The summed E-state index contributed by atoms with van der Waals surface area (Å²) in [7, 11) is 0. The minimum atomic E-state index is -0.512. The number of carbonyl (C=O) groups is 1. The highest BCUT2D eigenvalue weighted by atomic mass is 35.5. The van der Waals surface area contributed by atoms with Gasteiger partial charge in [0.1, 0.15) is 29.0 Å². The summed E-state index contributed by atoms with van der Waals surface area (Å²) in [5.74, 6) is 0.463. The van der Waals surface area contributed by atoms with Crippen LogP contribution < -0.4 is 11.1 Å². The number of hydrogen-bond acceptors (Lipinski definition) is 4. The molecule has 3 aromatic rings. The van der Waals surface area contributed by atoms with Gasteiger partial charge in [0, 0.05) is 24.3 Å². The Kier molecular flexibility index (Phi) is 6.17. The van der Waals surface area contributed by atoms with Gasteiger partial charge < -0.3 is 20.5 Å². The van der Waals surface area contributed by atoms with E-state index in [0.717, 1.165) is 0 Å². The maximum absolute atomic E-state index is 13.7. The van der Waals surface area contributed by atoms with E-state index < -0.39 is 5.82 Å². The first-order chi connectivity index (χ1) is 15.3. The van der Waals surface area contributed by atoms with E-state index in [0.29, 0.717) is 41.7 Å². The molecule has 0 aliphatic carbocycles. The molecule has 9 heteroatoms. The van der Waals surface area contributed by atoms with Crippen LogP contribution in [0, 0.1) is 17.6 Å².